The van der Waals surface area contributed by atoms with E-state index >= 15 is 0 Å². The van der Waals surface area contributed by atoms with Gasteiger partial charge in [0, 0.05) is 36.6 Å². The van der Waals surface area contributed by atoms with Crippen LogP contribution in [0.4, 0.5) is 9.18 Å². The molecular weight excluding hydrogens is 693 g/mol. The maximum Gasteiger partial charge on any atom is 0.330 e. The van der Waals surface area contributed by atoms with Gasteiger partial charge in [-0.1, -0.05) is 30.7 Å². The van der Waals surface area contributed by atoms with Gasteiger partial charge >= 0.3 is 12.0 Å². The lowest BCUT2D eigenvalue weighted by Crippen LogP contribution is -2.55. The van der Waals surface area contributed by atoms with Crippen molar-refractivity contribution in [3.63, 3.8) is 0 Å². The number of carbonyl (C=O) groups excluding carboxylic acids is 2. The molecule has 1 saturated heterocycles. The summed E-state index contributed by atoms with van der Waals surface area (Å²) in [5, 5.41) is 13.7. The van der Waals surface area contributed by atoms with E-state index < -0.39 is 35.4 Å². The number of nitrogens with zero attached hydrogens (tertiary/aromatic N) is 4. The highest BCUT2D eigenvalue weighted by Crippen LogP contribution is 2.45. The fourth-order valence-corrected chi connectivity index (χ4v) is 7.47. The zero-order chi connectivity index (χ0) is 38.0. The molecule has 54 heavy (non-hydrogen) atoms. The molecule has 2 N–H and O–H groups in total. The summed E-state index contributed by atoms with van der Waals surface area (Å²) in [7, 11) is 3.17. The molecule has 2 fully saturated rings. The third-order valence-corrected chi connectivity index (χ3v) is 10.7. The zero-order valence-electron chi connectivity index (χ0n) is 30.6. The van der Waals surface area contributed by atoms with Gasteiger partial charge in [0.2, 0.25) is 11.8 Å². The molecule has 282 valence electrons. The predicted octanol–water partition coefficient (Wildman–Crippen LogP) is 6.30. The Morgan fingerprint density at radius 2 is 1.78 bits per heavy atom. The van der Waals surface area contributed by atoms with Gasteiger partial charge in [0.15, 0.2) is 5.82 Å². The van der Waals surface area contributed by atoms with E-state index in [1.54, 1.807) is 43.4 Å². The van der Waals surface area contributed by atoms with Crippen LogP contribution in [0, 0.1) is 18.7 Å². The number of carboxylic acids is 1. The van der Waals surface area contributed by atoms with Crippen LogP contribution in [0.3, 0.4) is 0 Å². The Morgan fingerprint density at radius 3 is 2.50 bits per heavy atom. The molecule has 3 aromatic carbocycles. The lowest BCUT2D eigenvalue weighted by atomic mass is 10.1. The number of methoxy groups -OCH3 is 2. The Kier molecular flexibility index (Phi) is 10.4. The first-order valence-corrected chi connectivity index (χ1v) is 18.3. The quantitative estimate of drug-likeness (QED) is 0.199. The van der Waals surface area contributed by atoms with Gasteiger partial charge in [-0.25, -0.2) is 19.0 Å². The molecule has 12 nitrogen and oxygen atoms in total. The zero-order valence-corrected chi connectivity index (χ0v) is 30.6. The maximum absolute atomic E-state index is 14.6. The number of amides is 3. The van der Waals surface area contributed by atoms with Crippen LogP contribution in [0.15, 0.2) is 72.8 Å². The second kappa shape index (κ2) is 15.3. The van der Waals surface area contributed by atoms with Crippen molar-refractivity contribution in [2.75, 3.05) is 27.3 Å². The van der Waals surface area contributed by atoms with E-state index in [1.165, 1.54) is 17.0 Å². The molecule has 0 spiro atoms. The highest BCUT2D eigenvalue weighted by molar-refractivity contribution is 5.95. The average molecular weight is 738 g/mol. The summed E-state index contributed by atoms with van der Waals surface area (Å²) in [6, 6.07) is 15.6. The van der Waals surface area contributed by atoms with Crippen molar-refractivity contribution in [2.24, 2.45) is 5.92 Å². The van der Waals surface area contributed by atoms with Crippen LogP contribution in [-0.4, -0.2) is 87.8 Å². The highest BCUT2D eigenvalue weighted by Gasteiger charge is 2.61. The Balaban J connectivity index is 1.24. The second-order valence-corrected chi connectivity index (χ2v) is 14.2. The molecule has 3 heterocycles. The number of urea groups is 1. The van der Waals surface area contributed by atoms with Crippen molar-refractivity contribution in [1.82, 2.24) is 25.1 Å². The summed E-state index contributed by atoms with van der Waals surface area (Å²) < 4.78 is 31.4. The van der Waals surface area contributed by atoms with Gasteiger partial charge in [-0.3, -0.25) is 4.79 Å². The smallest absolute Gasteiger partial charge is 0.330 e. The number of nitrogens with one attached hydrogen (secondary N) is 1. The molecule has 1 saturated carbocycles. The van der Waals surface area contributed by atoms with Crippen LogP contribution in [0.25, 0.3) is 22.3 Å². The fraction of sp³-hybridized carbons (Fsp3) is 0.390. The number of carboxylic acid groups (broad SMARTS) is 1. The van der Waals surface area contributed by atoms with E-state index in [1.807, 2.05) is 43.3 Å². The molecule has 0 radical (unpaired) electrons. The van der Waals surface area contributed by atoms with Gasteiger partial charge in [-0.15, -0.1) is 0 Å². The third kappa shape index (κ3) is 7.39. The molecule has 0 bridgehead atoms. The number of hydrogen-bond acceptors (Lipinski definition) is 8. The van der Waals surface area contributed by atoms with Gasteiger partial charge in [-0.05, 0) is 86.7 Å². The summed E-state index contributed by atoms with van der Waals surface area (Å²) in [4.78, 5) is 54.2. The van der Waals surface area contributed by atoms with Crippen LogP contribution in [0.2, 0.25) is 0 Å². The molecular formula is C41H44FN5O7. The lowest BCUT2D eigenvalue weighted by Gasteiger charge is -2.32. The number of allylic oxidation sites excluding steroid dienone is 1. The number of ether oxygens (including phenoxy) is 3. The van der Waals surface area contributed by atoms with E-state index in [4.69, 9.17) is 24.2 Å². The van der Waals surface area contributed by atoms with Gasteiger partial charge in [0.05, 0.1) is 31.7 Å². The Bertz CT molecular complexity index is 2080. The minimum atomic E-state index is -1.44. The van der Waals surface area contributed by atoms with Crippen molar-refractivity contribution in [1.29, 1.82) is 0 Å². The lowest BCUT2D eigenvalue weighted by molar-refractivity contribution is -0.144. The van der Waals surface area contributed by atoms with Gasteiger partial charge in [0.25, 0.3) is 0 Å². The van der Waals surface area contributed by atoms with Gasteiger partial charge in [0.1, 0.15) is 35.0 Å². The first kappa shape index (κ1) is 36.6. The van der Waals surface area contributed by atoms with Crippen LogP contribution >= 0.6 is 0 Å². The third-order valence-electron chi connectivity index (χ3n) is 10.7. The van der Waals surface area contributed by atoms with E-state index in [0.29, 0.717) is 46.9 Å². The predicted molar refractivity (Wildman–Crippen MR) is 199 cm³/mol. The van der Waals surface area contributed by atoms with E-state index in [9.17, 15) is 23.9 Å². The number of fused-ring (bicyclic) bond motifs is 3. The summed E-state index contributed by atoms with van der Waals surface area (Å²) in [5.74, 6) is -0.545. The topological polar surface area (TPSA) is 143 Å². The Labute approximate surface area is 312 Å². The molecule has 3 aliphatic rings. The highest BCUT2D eigenvalue weighted by atomic mass is 19.1. The SMILES string of the molecule is COc1ccc(CN2CCCCCC=C[C@@H]3C[C@@]3(C(=O)O)NC(=O)[C@@H]3C[C@@H](Oc4nc(-c5ccc(F)cc5)nc5c(C)c(OC)ccc45)CN3C2=O)cc1. The normalized spacial score (nSPS) is 23.1. The number of aryl methyl sites for hydroxylation is 1. The van der Waals surface area contributed by atoms with E-state index in [-0.39, 0.29) is 37.2 Å². The van der Waals surface area contributed by atoms with Crippen molar-refractivity contribution in [3.05, 3.63) is 89.8 Å². The monoisotopic (exact) mass is 737 g/mol. The number of hydrogen-bond donors (Lipinski definition) is 2. The standard InChI is InChI=1S/C41H44FN5O7/c1-25-34(53-3)19-18-32-35(25)43-36(27-12-14-29(42)15-13-27)44-38(32)54-31-21-33-37(48)45-41(39(49)50)22-28(41)9-7-5-4-6-8-20-46(40(51)47(33)24-31)23-26-10-16-30(52-2)17-11-26/h7,9-19,28,31,33H,4-6,8,20-24H2,1-3H3,(H,45,48)(H,49,50)/t28-,31-,33+,41-/m1/s1. The van der Waals surface area contributed by atoms with Crippen molar-refractivity contribution < 1.29 is 38.1 Å². The number of rotatable bonds is 8. The van der Waals surface area contributed by atoms with Gasteiger partial charge in [-0.2, -0.15) is 4.98 Å². The minimum absolute atomic E-state index is 0.0476. The molecule has 1 aliphatic carbocycles. The van der Waals surface area contributed by atoms with E-state index in [2.05, 4.69) is 5.32 Å². The van der Waals surface area contributed by atoms with E-state index in [0.717, 1.165) is 36.8 Å². The molecule has 13 heteroatoms. The summed E-state index contributed by atoms with van der Waals surface area (Å²) in [6.07, 6.45) is 6.87. The van der Waals surface area contributed by atoms with Gasteiger partial charge < -0.3 is 34.4 Å². The van der Waals surface area contributed by atoms with Crippen molar-refractivity contribution in [3.8, 4) is 28.8 Å². The number of carbonyl (C=O) groups is 3. The number of aromatic nitrogens is 2. The summed E-state index contributed by atoms with van der Waals surface area (Å²) in [5.41, 5.74) is 1.35. The van der Waals surface area contributed by atoms with Crippen LogP contribution in [-0.2, 0) is 16.1 Å². The number of benzene rings is 3. The minimum Gasteiger partial charge on any atom is -0.497 e. The second-order valence-electron chi connectivity index (χ2n) is 14.2. The molecule has 2 aliphatic heterocycles. The van der Waals surface area contributed by atoms with Crippen LogP contribution in [0.5, 0.6) is 17.4 Å². The molecule has 1 aromatic heterocycles. The number of aliphatic carboxylic acids is 1. The first-order chi connectivity index (χ1) is 26.1. The fourth-order valence-electron chi connectivity index (χ4n) is 7.47. The molecule has 0 unspecified atom stereocenters. The van der Waals surface area contributed by atoms with Crippen LogP contribution in [0.1, 0.15) is 49.7 Å². The summed E-state index contributed by atoms with van der Waals surface area (Å²) in [6.45, 7) is 2.69. The Hall–Kier alpha value is -5.72. The summed E-state index contributed by atoms with van der Waals surface area (Å²) >= 11 is 0. The number of halogens is 1. The Morgan fingerprint density at radius 1 is 1.00 bits per heavy atom. The van der Waals surface area contributed by atoms with Crippen molar-refractivity contribution >= 4 is 28.8 Å². The maximum atomic E-state index is 14.6. The molecule has 3 amide bonds. The molecule has 4 aromatic rings. The molecule has 7 rings (SSSR count). The van der Waals surface area contributed by atoms with Crippen LogP contribution < -0.4 is 19.5 Å². The van der Waals surface area contributed by atoms with Crippen molar-refractivity contribution in [2.45, 2.75) is 69.7 Å². The average Bonchev–Trinajstić information content (AvgIpc) is 3.71. The largest absolute Gasteiger partial charge is 0.497 e. The molecule has 4 atom stereocenters. The first-order valence-electron chi connectivity index (χ1n) is 18.3.